The number of hydrogen-bond donors (Lipinski definition) is 1. The maximum Gasteiger partial charge on any atom is 0.416 e. The van der Waals surface area contributed by atoms with Gasteiger partial charge in [-0.05, 0) is 31.4 Å². The molecule has 0 saturated carbocycles. The van der Waals surface area contributed by atoms with Gasteiger partial charge in [0, 0.05) is 18.1 Å². The zero-order chi connectivity index (χ0) is 18.0. The van der Waals surface area contributed by atoms with Gasteiger partial charge in [0.25, 0.3) is 0 Å². The molecular formula is C17H18F3N3OS. The van der Waals surface area contributed by atoms with Crippen molar-refractivity contribution in [3.63, 3.8) is 0 Å². The van der Waals surface area contributed by atoms with E-state index in [1.54, 1.807) is 19.2 Å². The molecule has 0 unspecified atom stereocenters. The molecule has 2 atom stereocenters. The Balaban J connectivity index is 1.75. The molecule has 4 nitrogen and oxygen atoms in total. The Morgan fingerprint density at radius 1 is 1.40 bits per heavy atom. The number of rotatable bonds is 4. The third kappa shape index (κ3) is 3.78. The molecule has 0 aliphatic carbocycles. The highest BCUT2D eigenvalue weighted by Gasteiger charge is 2.36. The van der Waals surface area contributed by atoms with Crippen LogP contribution in [0.25, 0.3) is 0 Å². The summed E-state index contributed by atoms with van der Waals surface area (Å²) < 4.78 is 39.5. The summed E-state index contributed by atoms with van der Waals surface area (Å²) >= 11 is 1.45. The minimum atomic E-state index is -4.45. The third-order valence-corrected chi connectivity index (χ3v) is 5.12. The maximum atomic E-state index is 13.2. The number of aromatic nitrogens is 1. The van der Waals surface area contributed by atoms with Crippen molar-refractivity contribution in [2.24, 2.45) is 0 Å². The van der Waals surface area contributed by atoms with Gasteiger partial charge in [-0.15, -0.1) is 11.3 Å². The number of carbonyl (C=O) groups excluding carboxylic acids is 1. The highest BCUT2D eigenvalue weighted by atomic mass is 32.1. The minimum Gasteiger partial charge on any atom is -0.348 e. The van der Waals surface area contributed by atoms with Crippen molar-refractivity contribution in [1.82, 2.24) is 10.3 Å². The van der Waals surface area contributed by atoms with Gasteiger partial charge in [0.1, 0.15) is 6.04 Å². The Morgan fingerprint density at radius 2 is 2.16 bits per heavy atom. The van der Waals surface area contributed by atoms with Gasteiger partial charge in [0.15, 0.2) is 5.13 Å². The zero-order valence-corrected chi connectivity index (χ0v) is 14.4. The van der Waals surface area contributed by atoms with E-state index in [0.717, 1.165) is 24.2 Å². The van der Waals surface area contributed by atoms with Gasteiger partial charge in [-0.2, -0.15) is 13.2 Å². The molecule has 1 aromatic carbocycles. The molecular weight excluding hydrogens is 351 g/mol. The van der Waals surface area contributed by atoms with Crippen molar-refractivity contribution in [1.29, 1.82) is 0 Å². The summed E-state index contributed by atoms with van der Waals surface area (Å²) in [4.78, 5) is 18.8. The molecule has 25 heavy (non-hydrogen) atoms. The summed E-state index contributed by atoms with van der Waals surface area (Å²) in [6.45, 7) is 2.30. The molecule has 1 saturated heterocycles. The summed E-state index contributed by atoms with van der Waals surface area (Å²) in [6, 6.07) is 4.21. The Labute approximate surface area is 147 Å². The van der Waals surface area contributed by atoms with Gasteiger partial charge in [-0.25, -0.2) is 4.98 Å². The van der Waals surface area contributed by atoms with E-state index in [2.05, 4.69) is 10.3 Å². The minimum absolute atomic E-state index is 0.0714. The molecule has 0 bridgehead atoms. The Bertz CT molecular complexity index is 733. The molecule has 2 aromatic rings. The van der Waals surface area contributed by atoms with Crippen molar-refractivity contribution in [3.05, 3.63) is 47.0 Å². The fraction of sp³-hybridized carbons (Fsp3) is 0.412. The van der Waals surface area contributed by atoms with Crippen LogP contribution in [0.15, 0.2) is 35.8 Å². The van der Waals surface area contributed by atoms with Gasteiger partial charge in [0.05, 0.1) is 11.6 Å². The molecule has 0 spiro atoms. The second kappa shape index (κ2) is 7.03. The van der Waals surface area contributed by atoms with E-state index >= 15 is 0 Å². The lowest BCUT2D eigenvalue weighted by molar-refractivity contribution is -0.138. The number of nitrogens with one attached hydrogen (secondary N) is 1. The Morgan fingerprint density at radius 3 is 2.84 bits per heavy atom. The number of benzene rings is 1. The maximum absolute atomic E-state index is 13.2. The summed E-state index contributed by atoms with van der Waals surface area (Å²) in [6.07, 6.45) is -1.25. The van der Waals surface area contributed by atoms with Gasteiger partial charge in [-0.3, -0.25) is 4.79 Å². The van der Waals surface area contributed by atoms with Crippen molar-refractivity contribution >= 4 is 22.4 Å². The monoisotopic (exact) mass is 369 g/mol. The molecule has 1 fully saturated rings. The second-order valence-electron chi connectivity index (χ2n) is 5.98. The molecule has 1 aromatic heterocycles. The molecule has 8 heteroatoms. The third-order valence-electron chi connectivity index (χ3n) is 4.31. The SMILES string of the molecule is C[C@H](NC(=O)[C@@H]1CCCN1c1nccs1)c1ccccc1C(F)(F)F. The summed E-state index contributed by atoms with van der Waals surface area (Å²) in [5, 5.41) is 5.34. The number of thiazole rings is 1. The standard InChI is InChI=1S/C17H18F3N3OS/c1-11(12-5-2-3-6-13(12)17(18,19)20)22-15(24)14-7-4-9-23(14)16-21-8-10-25-16/h2-3,5-6,8,10-11,14H,4,7,9H2,1H3,(H,22,24)/t11-,14-/m0/s1. The summed E-state index contributed by atoms with van der Waals surface area (Å²) in [7, 11) is 0. The number of amides is 1. The van der Waals surface area contributed by atoms with E-state index < -0.39 is 23.8 Å². The number of alkyl halides is 3. The number of halogens is 3. The van der Waals surface area contributed by atoms with Crippen LogP contribution in [0, 0.1) is 0 Å². The Kier molecular flexibility index (Phi) is 4.99. The van der Waals surface area contributed by atoms with Gasteiger partial charge in [0.2, 0.25) is 5.91 Å². The molecule has 3 rings (SSSR count). The fourth-order valence-corrected chi connectivity index (χ4v) is 3.87. The van der Waals surface area contributed by atoms with E-state index in [4.69, 9.17) is 0 Å². The van der Waals surface area contributed by atoms with Crippen LogP contribution >= 0.6 is 11.3 Å². The normalized spacial score (nSPS) is 19.0. The fourth-order valence-electron chi connectivity index (χ4n) is 3.15. The van der Waals surface area contributed by atoms with E-state index in [9.17, 15) is 18.0 Å². The van der Waals surface area contributed by atoms with Crippen LogP contribution in [0.2, 0.25) is 0 Å². The van der Waals surface area contributed by atoms with E-state index in [1.165, 1.54) is 23.5 Å². The smallest absolute Gasteiger partial charge is 0.348 e. The van der Waals surface area contributed by atoms with Crippen LogP contribution in [0.1, 0.15) is 36.9 Å². The highest BCUT2D eigenvalue weighted by molar-refractivity contribution is 7.13. The highest BCUT2D eigenvalue weighted by Crippen LogP contribution is 2.34. The number of hydrogen-bond acceptors (Lipinski definition) is 4. The molecule has 1 amide bonds. The van der Waals surface area contributed by atoms with Crippen molar-refractivity contribution < 1.29 is 18.0 Å². The van der Waals surface area contributed by atoms with Gasteiger partial charge in [-0.1, -0.05) is 18.2 Å². The average molecular weight is 369 g/mol. The van der Waals surface area contributed by atoms with Crippen LogP contribution < -0.4 is 10.2 Å². The van der Waals surface area contributed by atoms with E-state index in [1.807, 2.05) is 10.3 Å². The largest absolute Gasteiger partial charge is 0.416 e. The summed E-state index contributed by atoms with van der Waals surface area (Å²) in [5.41, 5.74) is -0.645. The lowest BCUT2D eigenvalue weighted by Crippen LogP contribution is -2.44. The van der Waals surface area contributed by atoms with Crippen LogP contribution in [-0.2, 0) is 11.0 Å². The summed E-state index contributed by atoms with van der Waals surface area (Å²) in [5.74, 6) is -0.267. The van der Waals surface area contributed by atoms with Crippen molar-refractivity contribution in [3.8, 4) is 0 Å². The molecule has 0 radical (unpaired) electrons. The Hall–Kier alpha value is -2.09. The first kappa shape index (κ1) is 17.7. The first-order valence-corrected chi connectivity index (χ1v) is 8.88. The van der Waals surface area contributed by atoms with E-state index in [-0.39, 0.29) is 11.5 Å². The molecule has 2 heterocycles. The topological polar surface area (TPSA) is 45.2 Å². The molecule has 134 valence electrons. The quantitative estimate of drug-likeness (QED) is 0.886. The first-order valence-electron chi connectivity index (χ1n) is 8.00. The number of carbonyl (C=O) groups is 1. The van der Waals surface area contributed by atoms with Crippen LogP contribution in [0.3, 0.4) is 0 Å². The van der Waals surface area contributed by atoms with Crippen LogP contribution in [0.4, 0.5) is 18.3 Å². The number of anilines is 1. The molecule has 1 N–H and O–H groups in total. The lowest BCUT2D eigenvalue weighted by Gasteiger charge is -2.26. The average Bonchev–Trinajstić information content (AvgIpc) is 3.24. The second-order valence-corrected chi connectivity index (χ2v) is 6.85. The predicted octanol–water partition coefficient (Wildman–Crippen LogP) is 4.01. The van der Waals surface area contributed by atoms with Crippen molar-refractivity contribution in [2.45, 2.75) is 38.0 Å². The van der Waals surface area contributed by atoms with Gasteiger partial charge >= 0.3 is 6.18 Å². The van der Waals surface area contributed by atoms with Gasteiger partial charge < -0.3 is 10.2 Å². The predicted molar refractivity (Wildman–Crippen MR) is 90.5 cm³/mol. The van der Waals surface area contributed by atoms with Crippen molar-refractivity contribution in [2.75, 3.05) is 11.4 Å². The zero-order valence-electron chi connectivity index (χ0n) is 13.6. The van der Waals surface area contributed by atoms with Crippen LogP contribution in [0.5, 0.6) is 0 Å². The number of nitrogens with zero attached hydrogens (tertiary/aromatic N) is 2. The lowest BCUT2D eigenvalue weighted by atomic mass is 10.0. The first-order chi connectivity index (χ1) is 11.9. The van der Waals surface area contributed by atoms with Crippen LogP contribution in [-0.4, -0.2) is 23.5 Å². The molecule has 1 aliphatic rings. The molecule has 1 aliphatic heterocycles. The van der Waals surface area contributed by atoms with E-state index in [0.29, 0.717) is 6.42 Å².